The molecule has 0 heterocycles. The van der Waals surface area contributed by atoms with Gasteiger partial charge in [-0.15, -0.1) is 0 Å². The predicted molar refractivity (Wildman–Crippen MR) is 89.3 cm³/mol. The molecule has 0 aliphatic carbocycles. The number of rotatable bonds is 6. The van der Waals surface area contributed by atoms with E-state index in [0.717, 1.165) is 33.7 Å². The fraction of sp³-hybridized carbons (Fsp3) is 0.294. The summed E-state index contributed by atoms with van der Waals surface area (Å²) in [6.07, 6.45) is 1.00. The van der Waals surface area contributed by atoms with Crippen LogP contribution in [0.25, 0.3) is 0 Å². The van der Waals surface area contributed by atoms with Crippen LogP contribution in [0, 0.1) is 0 Å². The zero-order valence-electron chi connectivity index (χ0n) is 12.5. The molecule has 0 fully saturated rings. The van der Waals surface area contributed by atoms with E-state index in [-0.39, 0.29) is 6.04 Å². The van der Waals surface area contributed by atoms with Crippen molar-refractivity contribution in [2.75, 3.05) is 14.2 Å². The normalized spacial score (nSPS) is 12.0. The summed E-state index contributed by atoms with van der Waals surface area (Å²) in [5.41, 5.74) is 1.16. The van der Waals surface area contributed by atoms with E-state index in [1.54, 1.807) is 7.11 Å². The molecule has 3 nitrogen and oxygen atoms in total. The molecule has 21 heavy (non-hydrogen) atoms. The minimum atomic E-state index is 0.276. The van der Waals surface area contributed by atoms with Crippen LogP contribution in [-0.4, -0.2) is 14.2 Å². The summed E-state index contributed by atoms with van der Waals surface area (Å²) in [6, 6.07) is 14.1. The third-order valence-corrected chi connectivity index (χ3v) is 4.03. The molecule has 0 bridgehead atoms. The molecule has 1 unspecified atom stereocenters. The minimum absolute atomic E-state index is 0.276. The number of halogens is 1. The molecule has 0 radical (unpaired) electrons. The van der Waals surface area contributed by atoms with Crippen molar-refractivity contribution in [2.24, 2.45) is 0 Å². The summed E-state index contributed by atoms with van der Waals surface area (Å²) in [5.74, 6) is 2.43. The van der Waals surface area contributed by atoms with Crippen LogP contribution in [-0.2, 0) is 0 Å². The summed E-state index contributed by atoms with van der Waals surface area (Å²) < 4.78 is 12.2. The highest BCUT2D eigenvalue weighted by Crippen LogP contribution is 2.36. The van der Waals surface area contributed by atoms with Crippen LogP contribution in [0.3, 0.4) is 0 Å². The Morgan fingerprint density at radius 2 is 1.90 bits per heavy atom. The van der Waals surface area contributed by atoms with Crippen LogP contribution in [0.1, 0.15) is 24.9 Å². The summed E-state index contributed by atoms with van der Waals surface area (Å²) in [5, 5.41) is 3.32. The largest absolute Gasteiger partial charge is 0.497 e. The van der Waals surface area contributed by atoms with Gasteiger partial charge in [-0.05, 0) is 53.7 Å². The summed E-state index contributed by atoms with van der Waals surface area (Å²) >= 11 is 3.52. The number of hydrogen-bond donors (Lipinski definition) is 1. The van der Waals surface area contributed by atoms with Gasteiger partial charge in [0.1, 0.15) is 17.2 Å². The Hall–Kier alpha value is -1.52. The van der Waals surface area contributed by atoms with Gasteiger partial charge in [0.15, 0.2) is 0 Å². The third-order valence-electron chi connectivity index (χ3n) is 3.41. The average Bonchev–Trinajstić information content (AvgIpc) is 2.52. The van der Waals surface area contributed by atoms with Crippen LogP contribution in [0.15, 0.2) is 46.9 Å². The quantitative estimate of drug-likeness (QED) is 0.802. The SMILES string of the molecule is CCC(NC)c1ccccc1Oc1ccc(OC)cc1Br. The van der Waals surface area contributed by atoms with Gasteiger partial charge in [0, 0.05) is 11.6 Å². The molecule has 2 aromatic carbocycles. The van der Waals surface area contributed by atoms with Gasteiger partial charge < -0.3 is 14.8 Å². The summed E-state index contributed by atoms with van der Waals surface area (Å²) in [7, 11) is 3.62. The molecule has 1 N–H and O–H groups in total. The molecule has 0 aliphatic heterocycles. The Labute approximate surface area is 134 Å². The second kappa shape index (κ2) is 7.48. The molecule has 2 rings (SSSR count). The van der Waals surface area contributed by atoms with E-state index < -0.39 is 0 Å². The molecular weight excluding hydrogens is 330 g/mol. The molecule has 0 spiro atoms. The Morgan fingerprint density at radius 1 is 1.14 bits per heavy atom. The van der Waals surface area contributed by atoms with Crippen LogP contribution >= 0.6 is 15.9 Å². The maximum atomic E-state index is 6.08. The van der Waals surface area contributed by atoms with E-state index in [1.165, 1.54) is 0 Å². The van der Waals surface area contributed by atoms with Crippen molar-refractivity contribution < 1.29 is 9.47 Å². The molecule has 112 valence electrons. The lowest BCUT2D eigenvalue weighted by Gasteiger charge is -2.19. The number of hydrogen-bond acceptors (Lipinski definition) is 3. The van der Waals surface area contributed by atoms with Crippen molar-refractivity contribution in [1.82, 2.24) is 5.32 Å². The van der Waals surface area contributed by atoms with Crippen molar-refractivity contribution in [3.8, 4) is 17.2 Å². The van der Waals surface area contributed by atoms with Crippen molar-refractivity contribution in [1.29, 1.82) is 0 Å². The van der Waals surface area contributed by atoms with Crippen LogP contribution in [0.4, 0.5) is 0 Å². The van der Waals surface area contributed by atoms with Gasteiger partial charge in [-0.25, -0.2) is 0 Å². The van der Waals surface area contributed by atoms with Crippen LogP contribution in [0.5, 0.6) is 17.2 Å². The zero-order chi connectivity index (χ0) is 15.2. The Morgan fingerprint density at radius 3 is 2.52 bits per heavy atom. The maximum absolute atomic E-state index is 6.08. The predicted octanol–water partition coefficient (Wildman–Crippen LogP) is 4.92. The number of para-hydroxylation sites is 1. The van der Waals surface area contributed by atoms with Crippen molar-refractivity contribution in [3.63, 3.8) is 0 Å². The Balaban J connectivity index is 2.31. The third kappa shape index (κ3) is 3.77. The highest BCUT2D eigenvalue weighted by atomic mass is 79.9. The molecule has 0 saturated carbocycles. The zero-order valence-corrected chi connectivity index (χ0v) is 14.1. The van der Waals surface area contributed by atoms with E-state index in [0.29, 0.717) is 0 Å². The highest BCUT2D eigenvalue weighted by molar-refractivity contribution is 9.10. The van der Waals surface area contributed by atoms with Gasteiger partial charge in [0.25, 0.3) is 0 Å². The van der Waals surface area contributed by atoms with Gasteiger partial charge in [-0.1, -0.05) is 25.1 Å². The molecule has 0 aromatic heterocycles. The number of ether oxygens (including phenoxy) is 2. The Bertz CT molecular complexity index is 597. The van der Waals surface area contributed by atoms with Crippen molar-refractivity contribution in [2.45, 2.75) is 19.4 Å². The standard InChI is InChI=1S/C17H20BrNO2/c1-4-15(19-2)13-7-5-6-8-16(13)21-17-10-9-12(20-3)11-14(17)18/h5-11,15,19H,4H2,1-3H3. The van der Waals surface area contributed by atoms with Gasteiger partial charge >= 0.3 is 0 Å². The molecule has 2 aromatic rings. The first-order valence-corrected chi connectivity index (χ1v) is 7.76. The lowest BCUT2D eigenvalue weighted by atomic mass is 10.0. The summed E-state index contributed by atoms with van der Waals surface area (Å²) in [4.78, 5) is 0. The molecule has 0 aliphatic rings. The van der Waals surface area contributed by atoms with Gasteiger partial charge in [-0.2, -0.15) is 0 Å². The van der Waals surface area contributed by atoms with Crippen molar-refractivity contribution >= 4 is 15.9 Å². The lowest BCUT2D eigenvalue weighted by molar-refractivity contribution is 0.411. The average molecular weight is 350 g/mol. The van der Waals surface area contributed by atoms with E-state index in [2.05, 4.69) is 34.2 Å². The van der Waals surface area contributed by atoms with E-state index >= 15 is 0 Å². The van der Waals surface area contributed by atoms with E-state index in [4.69, 9.17) is 9.47 Å². The van der Waals surface area contributed by atoms with Gasteiger partial charge in [-0.3, -0.25) is 0 Å². The highest BCUT2D eigenvalue weighted by Gasteiger charge is 2.14. The van der Waals surface area contributed by atoms with Gasteiger partial charge in [0.2, 0.25) is 0 Å². The number of nitrogens with one attached hydrogen (secondary N) is 1. The van der Waals surface area contributed by atoms with Gasteiger partial charge in [0.05, 0.1) is 11.6 Å². The second-order valence-electron chi connectivity index (χ2n) is 4.69. The number of methoxy groups -OCH3 is 1. The first kappa shape index (κ1) is 15.9. The molecular formula is C17H20BrNO2. The second-order valence-corrected chi connectivity index (χ2v) is 5.54. The van der Waals surface area contributed by atoms with Crippen molar-refractivity contribution in [3.05, 3.63) is 52.5 Å². The first-order valence-electron chi connectivity index (χ1n) is 6.97. The fourth-order valence-electron chi connectivity index (χ4n) is 2.25. The van der Waals surface area contributed by atoms with Crippen LogP contribution < -0.4 is 14.8 Å². The van der Waals surface area contributed by atoms with E-state index in [1.807, 2.05) is 43.4 Å². The monoisotopic (exact) mass is 349 g/mol. The smallest absolute Gasteiger partial charge is 0.141 e. The Kier molecular flexibility index (Phi) is 5.65. The minimum Gasteiger partial charge on any atom is -0.497 e. The molecule has 0 amide bonds. The molecule has 4 heteroatoms. The maximum Gasteiger partial charge on any atom is 0.141 e. The summed E-state index contributed by atoms with van der Waals surface area (Å²) in [6.45, 7) is 2.15. The molecule has 0 saturated heterocycles. The fourth-order valence-corrected chi connectivity index (χ4v) is 2.69. The first-order chi connectivity index (χ1) is 10.2. The number of benzene rings is 2. The van der Waals surface area contributed by atoms with E-state index in [9.17, 15) is 0 Å². The lowest BCUT2D eigenvalue weighted by Crippen LogP contribution is -2.15. The molecule has 1 atom stereocenters. The van der Waals surface area contributed by atoms with Crippen LogP contribution in [0.2, 0.25) is 0 Å². The topological polar surface area (TPSA) is 30.5 Å².